The van der Waals surface area contributed by atoms with Gasteiger partial charge in [0.05, 0.1) is 6.61 Å². The molecule has 0 fully saturated rings. The summed E-state index contributed by atoms with van der Waals surface area (Å²) in [7, 11) is 1.71. The van der Waals surface area contributed by atoms with E-state index < -0.39 is 0 Å². The molecular formula is C16H22O2. The Morgan fingerprint density at radius 3 is 2.50 bits per heavy atom. The Bertz CT molecular complexity index is 513. The summed E-state index contributed by atoms with van der Waals surface area (Å²) in [5.41, 5.74) is 7.18. The highest BCUT2D eigenvalue weighted by Crippen LogP contribution is 2.45. The van der Waals surface area contributed by atoms with E-state index in [-0.39, 0.29) is 0 Å². The summed E-state index contributed by atoms with van der Waals surface area (Å²) in [5.74, 6) is 0.802. The Morgan fingerprint density at radius 2 is 1.89 bits per heavy atom. The smallest absolute Gasteiger partial charge is 0.123 e. The molecule has 1 aliphatic carbocycles. The van der Waals surface area contributed by atoms with Crippen molar-refractivity contribution in [3.63, 3.8) is 0 Å². The van der Waals surface area contributed by atoms with Crippen LogP contribution in [0.5, 0.6) is 5.75 Å². The molecule has 0 bridgehead atoms. The molecule has 0 radical (unpaired) electrons. The Hall–Kier alpha value is -1.28. The SMILES string of the molecule is COCCc1c(C)c(O)c2c(c1C)C=C(C)C2C. The number of hydrogen-bond donors (Lipinski definition) is 1. The molecule has 2 nitrogen and oxygen atoms in total. The zero-order valence-electron chi connectivity index (χ0n) is 11.9. The number of rotatable bonds is 3. The summed E-state index contributed by atoms with van der Waals surface area (Å²) < 4.78 is 5.16. The lowest BCUT2D eigenvalue weighted by atomic mass is 9.88. The molecule has 0 aromatic heterocycles. The minimum Gasteiger partial charge on any atom is -0.507 e. The zero-order valence-corrected chi connectivity index (χ0v) is 11.9. The normalized spacial score (nSPS) is 17.8. The maximum absolute atomic E-state index is 10.4. The fraction of sp³-hybridized carbons (Fsp3) is 0.500. The van der Waals surface area contributed by atoms with Crippen LogP contribution >= 0.6 is 0 Å². The number of phenols is 1. The van der Waals surface area contributed by atoms with Crippen molar-refractivity contribution in [2.45, 2.75) is 40.0 Å². The van der Waals surface area contributed by atoms with Crippen molar-refractivity contribution >= 4 is 6.08 Å². The Balaban J connectivity index is 2.60. The van der Waals surface area contributed by atoms with E-state index in [1.54, 1.807) is 7.11 Å². The number of methoxy groups -OCH3 is 1. The van der Waals surface area contributed by atoms with Gasteiger partial charge < -0.3 is 9.84 Å². The van der Waals surface area contributed by atoms with E-state index in [0.717, 1.165) is 17.5 Å². The fourth-order valence-corrected chi connectivity index (χ4v) is 2.90. The minimum absolute atomic E-state index is 0.328. The third-order valence-electron chi connectivity index (χ3n) is 4.25. The highest BCUT2D eigenvalue weighted by atomic mass is 16.5. The molecule has 1 unspecified atom stereocenters. The van der Waals surface area contributed by atoms with Crippen LogP contribution in [0.2, 0.25) is 0 Å². The van der Waals surface area contributed by atoms with E-state index in [1.165, 1.54) is 22.3 Å². The number of allylic oxidation sites excluding steroid dienone is 1. The first-order valence-electron chi connectivity index (χ1n) is 6.51. The molecule has 1 aromatic rings. The molecule has 0 spiro atoms. The van der Waals surface area contributed by atoms with Crippen LogP contribution in [0.3, 0.4) is 0 Å². The van der Waals surface area contributed by atoms with Gasteiger partial charge in [-0.1, -0.05) is 18.6 Å². The van der Waals surface area contributed by atoms with Crippen molar-refractivity contribution in [2.24, 2.45) is 0 Å². The molecule has 1 aliphatic rings. The number of benzene rings is 1. The van der Waals surface area contributed by atoms with Crippen molar-refractivity contribution in [2.75, 3.05) is 13.7 Å². The molecule has 0 saturated carbocycles. The number of fused-ring (bicyclic) bond motifs is 1. The second-order valence-electron chi connectivity index (χ2n) is 5.26. The van der Waals surface area contributed by atoms with Crippen LogP contribution in [0.1, 0.15) is 47.6 Å². The summed E-state index contributed by atoms with van der Waals surface area (Å²) in [5, 5.41) is 10.4. The van der Waals surface area contributed by atoms with Gasteiger partial charge in [0.2, 0.25) is 0 Å². The molecule has 0 saturated heterocycles. The van der Waals surface area contributed by atoms with Gasteiger partial charge >= 0.3 is 0 Å². The standard InChI is InChI=1S/C16H22O2/c1-9-8-14-11(3)13(6-7-18-5)12(4)16(17)15(14)10(9)2/h8,10,17H,6-7H2,1-5H3. The fourth-order valence-electron chi connectivity index (χ4n) is 2.90. The Kier molecular flexibility index (Phi) is 3.49. The van der Waals surface area contributed by atoms with Crippen LogP contribution in [-0.2, 0) is 11.2 Å². The number of phenolic OH excluding ortho intramolecular Hbond substituents is 1. The molecule has 1 atom stereocenters. The van der Waals surface area contributed by atoms with E-state index in [1.807, 2.05) is 6.92 Å². The lowest BCUT2D eigenvalue weighted by Gasteiger charge is -2.19. The molecule has 1 aromatic carbocycles. The minimum atomic E-state index is 0.328. The van der Waals surface area contributed by atoms with Crippen LogP contribution in [-0.4, -0.2) is 18.8 Å². The molecule has 0 amide bonds. The maximum atomic E-state index is 10.4. The van der Waals surface area contributed by atoms with E-state index in [0.29, 0.717) is 18.3 Å². The van der Waals surface area contributed by atoms with E-state index >= 15 is 0 Å². The van der Waals surface area contributed by atoms with E-state index in [4.69, 9.17) is 4.74 Å². The van der Waals surface area contributed by atoms with E-state index in [9.17, 15) is 5.11 Å². The van der Waals surface area contributed by atoms with Crippen LogP contribution in [0.25, 0.3) is 6.08 Å². The predicted octanol–water partition coefficient (Wildman–Crippen LogP) is 3.72. The van der Waals surface area contributed by atoms with E-state index in [2.05, 4.69) is 26.8 Å². The van der Waals surface area contributed by atoms with Crippen molar-refractivity contribution in [3.05, 3.63) is 33.4 Å². The average molecular weight is 246 g/mol. The zero-order chi connectivity index (χ0) is 13.4. The van der Waals surface area contributed by atoms with Crippen molar-refractivity contribution in [3.8, 4) is 5.75 Å². The molecule has 0 heterocycles. The largest absolute Gasteiger partial charge is 0.507 e. The lowest BCUT2D eigenvalue weighted by molar-refractivity contribution is 0.202. The molecule has 0 aliphatic heterocycles. The molecule has 2 rings (SSSR count). The average Bonchev–Trinajstić information content (AvgIpc) is 2.64. The van der Waals surface area contributed by atoms with Crippen LogP contribution in [0.15, 0.2) is 5.57 Å². The topological polar surface area (TPSA) is 29.5 Å². The highest BCUT2D eigenvalue weighted by Gasteiger charge is 2.26. The lowest BCUT2D eigenvalue weighted by Crippen LogP contribution is -2.04. The number of ether oxygens (including phenoxy) is 1. The van der Waals surface area contributed by atoms with Gasteiger partial charge in [0.1, 0.15) is 5.75 Å². The van der Waals surface area contributed by atoms with Gasteiger partial charge in [-0.05, 0) is 49.4 Å². The van der Waals surface area contributed by atoms with Gasteiger partial charge in [-0.2, -0.15) is 0 Å². The summed E-state index contributed by atoms with van der Waals surface area (Å²) >= 11 is 0. The summed E-state index contributed by atoms with van der Waals surface area (Å²) in [4.78, 5) is 0. The third kappa shape index (κ3) is 1.85. The van der Waals surface area contributed by atoms with Gasteiger partial charge in [-0.3, -0.25) is 0 Å². The molecule has 18 heavy (non-hydrogen) atoms. The Labute approximate surface area is 109 Å². The second kappa shape index (κ2) is 4.77. The first kappa shape index (κ1) is 13.2. The van der Waals surface area contributed by atoms with Gasteiger partial charge in [0.15, 0.2) is 0 Å². The van der Waals surface area contributed by atoms with Crippen molar-refractivity contribution < 1.29 is 9.84 Å². The second-order valence-corrected chi connectivity index (χ2v) is 5.26. The number of aromatic hydroxyl groups is 1. The monoisotopic (exact) mass is 246 g/mol. The number of hydrogen-bond acceptors (Lipinski definition) is 2. The first-order valence-corrected chi connectivity index (χ1v) is 6.51. The highest BCUT2D eigenvalue weighted by molar-refractivity contribution is 5.74. The van der Waals surface area contributed by atoms with Crippen LogP contribution in [0.4, 0.5) is 0 Å². The van der Waals surface area contributed by atoms with Crippen LogP contribution < -0.4 is 0 Å². The van der Waals surface area contributed by atoms with Gasteiger partial charge in [0, 0.05) is 18.6 Å². The summed E-state index contributed by atoms with van der Waals surface area (Å²) in [6.45, 7) is 9.14. The third-order valence-corrected chi connectivity index (χ3v) is 4.25. The molecule has 1 N–H and O–H groups in total. The summed E-state index contributed by atoms with van der Waals surface area (Å²) in [6.07, 6.45) is 3.07. The molecule has 2 heteroatoms. The maximum Gasteiger partial charge on any atom is 0.123 e. The first-order chi connectivity index (χ1) is 8.49. The van der Waals surface area contributed by atoms with Crippen LogP contribution in [0, 0.1) is 13.8 Å². The predicted molar refractivity (Wildman–Crippen MR) is 75.2 cm³/mol. The van der Waals surface area contributed by atoms with Gasteiger partial charge in [-0.15, -0.1) is 0 Å². The van der Waals surface area contributed by atoms with Crippen molar-refractivity contribution in [1.82, 2.24) is 0 Å². The van der Waals surface area contributed by atoms with Crippen molar-refractivity contribution in [1.29, 1.82) is 0 Å². The van der Waals surface area contributed by atoms with Gasteiger partial charge in [-0.25, -0.2) is 0 Å². The Morgan fingerprint density at radius 1 is 1.22 bits per heavy atom. The molecular weight excluding hydrogens is 224 g/mol. The quantitative estimate of drug-likeness (QED) is 0.880. The summed E-state index contributed by atoms with van der Waals surface area (Å²) in [6, 6.07) is 0. The van der Waals surface area contributed by atoms with Gasteiger partial charge in [0.25, 0.3) is 0 Å². The molecule has 98 valence electrons.